The standard InChI is InChI=1S/C4H10NO2P/c1-2-3(5-8)4(6)7/h3,5H,2,8H2,1H3,(H,6,7). The van der Waals surface area contributed by atoms with Crippen molar-refractivity contribution in [3.8, 4) is 0 Å². The topological polar surface area (TPSA) is 49.3 Å². The number of carboxylic acid groups (broad SMARTS) is 1. The molecule has 0 fully saturated rings. The van der Waals surface area contributed by atoms with Crippen LogP contribution in [-0.2, 0) is 4.79 Å². The Balaban J connectivity index is 3.52. The van der Waals surface area contributed by atoms with Crippen LogP contribution in [0.4, 0.5) is 0 Å². The van der Waals surface area contributed by atoms with Gasteiger partial charge in [-0.05, 0) is 6.42 Å². The molecular weight excluding hydrogens is 125 g/mol. The first kappa shape index (κ1) is 7.86. The second-order valence-corrected chi connectivity index (χ2v) is 1.80. The zero-order chi connectivity index (χ0) is 6.57. The number of carbonyl (C=O) groups is 1. The predicted molar refractivity (Wildman–Crippen MR) is 34.6 cm³/mol. The largest absolute Gasteiger partial charge is 0.480 e. The summed E-state index contributed by atoms with van der Waals surface area (Å²) >= 11 is 0. The quantitative estimate of drug-likeness (QED) is 0.544. The number of hydrogen-bond acceptors (Lipinski definition) is 2. The van der Waals surface area contributed by atoms with E-state index < -0.39 is 12.0 Å². The molecule has 2 N–H and O–H groups in total. The van der Waals surface area contributed by atoms with E-state index in [1.54, 1.807) is 0 Å². The molecule has 8 heavy (non-hydrogen) atoms. The summed E-state index contributed by atoms with van der Waals surface area (Å²) in [6.45, 7) is 1.82. The van der Waals surface area contributed by atoms with Crippen molar-refractivity contribution in [2.45, 2.75) is 19.4 Å². The summed E-state index contributed by atoms with van der Waals surface area (Å²) in [5.41, 5.74) is 0. The second-order valence-electron chi connectivity index (χ2n) is 1.47. The number of rotatable bonds is 3. The Hall–Kier alpha value is -0.140. The Morgan fingerprint density at radius 2 is 2.50 bits per heavy atom. The van der Waals surface area contributed by atoms with Crippen molar-refractivity contribution >= 4 is 15.4 Å². The van der Waals surface area contributed by atoms with Crippen LogP contribution in [0, 0.1) is 0 Å². The van der Waals surface area contributed by atoms with Gasteiger partial charge in [-0.25, -0.2) is 0 Å². The molecule has 0 aliphatic carbocycles. The van der Waals surface area contributed by atoms with Gasteiger partial charge in [0.05, 0.1) is 0 Å². The number of aliphatic carboxylic acids is 1. The average molecular weight is 135 g/mol. The molecular formula is C4H10NO2P. The molecule has 0 amide bonds. The van der Waals surface area contributed by atoms with Crippen LogP contribution in [-0.4, -0.2) is 17.1 Å². The third kappa shape index (κ3) is 2.24. The van der Waals surface area contributed by atoms with Crippen molar-refractivity contribution in [3.63, 3.8) is 0 Å². The van der Waals surface area contributed by atoms with Gasteiger partial charge in [-0.15, -0.1) is 0 Å². The highest BCUT2D eigenvalue weighted by Gasteiger charge is 2.09. The fraction of sp³-hybridized carbons (Fsp3) is 0.750. The molecule has 0 aromatic rings. The third-order valence-corrected chi connectivity index (χ3v) is 1.31. The molecule has 2 atom stereocenters. The molecule has 0 heterocycles. The first-order valence-electron chi connectivity index (χ1n) is 2.41. The SMILES string of the molecule is CCC(NP)C(=O)O. The van der Waals surface area contributed by atoms with Crippen LogP contribution in [0.5, 0.6) is 0 Å². The molecule has 2 unspecified atom stereocenters. The highest BCUT2D eigenvalue weighted by molar-refractivity contribution is 7.13. The Labute approximate surface area is 50.7 Å². The molecule has 0 rings (SSSR count). The Kier molecular flexibility index (Phi) is 3.75. The van der Waals surface area contributed by atoms with Crippen molar-refractivity contribution in [2.75, 3.05) is 0 Å². The minimum atomic E-state index is -0.803. The lowest BCUT2D eigenvalue weighted by Gasteiger charge is -2.04. The average Bonchev–Trinajstić information content (AvgIpc) is 1.69. The molecule has 0 aromatic carbocycles. The summed E-state index contributed by atoms with van der Waals surface area (Å²) in [5.74, 6) is -0.803. The Bertz CT molecular complexity index is 82.1. The van der Waals surface area contributed by atoms with Crippen molar-refractivity contribution in [2.24, 2.45) is 0 Å². The fourth-order valence-electron chi connectivity index (χ4n) is 0.364. The van der Waals surface area contributed by atoms with E-state index in [4.69, 9.17) is 5.11 Å². The molecule has 0 aliphatic heterocycles. The van der Waals surface area contributed by atoms with E-state index >= 15 is 0 Å². The van der Waals surface area contributed by atoms with Crippen molar-refractivity contribution in [3.05, 3.63) is 0 Å². The summed E-state index contributed by atoms with van der Waals surface area (Å²) in [4.78, 5) is 10.1. The Morgan fingerprint density at radius 1 is 2.00 bits per heavy atom. The first-order valence-corrected chi connectivity index (χ1v) is 2.99. The molecule has 0 aromatic heterocycles. The summed E-state index contributed by atoms with van der Waals surface area (Å²) < 4.78 is 0. The van der Waals surface area contributed by atoms with Crippen LogP contribution in [0.2, 0.25) is 0 Å². The van der Waals surface area contributed by atoms with Crippen LogP contribution in [0.15, 0.2) is 0 Å². The molecule has 0 saturated carbocycles. The first-order chi connectivity index (χ1) is 3.72. The van der Waals surface area contributed by atoms with E-state index in [0.717, 1.165) is 0 Å². The maximum atomic E-state index is 10.1. The molecule has 3 nitrogen and oxygen atoms in total. The molecule has 0 aliphatic rings. The zero-order valence-electron chi connectivity index (χ0n) is 4.72. The normalized spacial score (nSPS) is 13.2. The van der Waals surface area contributed by atoms with E-state index in [0.29, 0.717) is 6.42 Å². The summed E-state index contributed by atoms with van der Waals surface area (Å²) in [5, 5.41) is 10.9. The minimum Gasteiger partial charge on any atom is -0.480 e. The van der Waals surface area contributed by atoms with E-state index in [1.165, 1.54) is 0 Å². The Morgan fingerprint density at radius 3 is 2.50 bits per heavy atom. The second kappa shape index (κ2) is 3.81. The van der Waals surface area contributed by atoms with Gasteiger partial charge >= 0.3 is 5.97 Å². The molecule has 4 heteroatoms. The molecule has 48 valence electrons. The summed E-state index contributed by atoms with van der Waals surface area (Å²) in [6.07, 6.45) is 0.610. The minimum absolute atomic E-state index is 0.417. The van der Waals surface area contributed by atoms with Gasteiger partial charge in [-0.2, -0.15) is 0 Å². The van der Waals surface area contributed by atoms with Gasteiger partial charge in [-0.3, -0.25) is 9.88 Å². The lowest BCUT2D eigenvalue weighted by Crippen LogP contribution is -2.28. The molecule has 0 spiro atoms. The van der Waals surface area contributed by atoms with Gasteiger partial charge in [0.25, 0.3) is 0 Å². The molecule has 0 bridgehead atoms. The van der Waals surface area contributed by atoms with Crippen LogP contribution < -0.4 is 5.09 Å². The number of hydrogen-bond donors (Lipinski definition) is 2. The molecule has 0 radical (unpaired) electrons. The van der Waals surface area contributed by atoms with Crippen LogP contribution >= 0.6 is 9.39 Å². The van der Waals surface area contributed by atoms with Gasteiger partial charge in [0.2, 0.25) is 0 Å². The maximum absolute atomic E-state index is 10.1. The van der Waals surface area contributed by atoms with Crippen LogP contribution in [0.1, 0.15) is 13.3 Å². The fourth-order valence-corrected chi connectivity index (χ4v) is 0.742. The third-order valence-electron chi connectivity index (χ3n) is 0.908. The smallest absolute Gasteiger partial charge is 0.320 e. The van der Waals surface area contributed by atoms with Crippen molar-refractivity contribution < 1.29 is 9.90 Å². The van der Waals surface area contributed by atoms with Gasteiger partial charge in [-0.1, -0.05) is 16.3 Å². The van der Waals surface area contributed by atoms with Gasteiger partial charge in [0.1, 0.15) is 6.04 Å². The number of carboxylic acids is 1. The van der Waals surface area contributed by atoms with Gasteiger partial charge < -0.3 is 5.11 Å². The van der Waals surface area contributed by atoms with Gasteiger partial charge in [0, 0.05) is 0 Å². The van der Waals surface area contributed by atoms with Crippen LogP contribution in [0.3, 0.4) is 0 Å². The maximum Gasteiger partial charge on any atom is 0.320 e. The highest BCUT2D eigenvalue weighted by atomic mass is 31.0. The van der Waals surface area contributed by atoms with E-state index in [9.17, 15) is 4.79 Å². The van der Waals surface area contributed by atoms with E-state index in [1.807, 2.05) is 6.92 Å². The van der Waals surface area contributed by atoms with E-state index in [2.05, 4.69) is 14.5 Å². The molecule has 0 saturated heterocycles. The highest BCUT2D eigenvalue weighted by Crippen LogP contribution is 1.91. The zero-order valence-corrected chi connectivity index (χ0v) is 5.87. The van der Waals surface area contributed by atoms with Gasteiger partial charge in [0.15, 0.2) is 0 Å². The summed E-state index contributed by atoms with van der Waals surface area (Å²) in [6, 6.07) is -0.417. The lowest BCUT2D eigenvalue weighted by atomic mass is 10.2. The van der Waals surface area contributed by atoms with Crippen molar-refractivity contribution in [1.29, 1.82) is 0 Å². The lowest BCUT2D eigenvalue weighted by molar-refractivity contribution is -0.138. The monoisotopic (exact) mass is 135 g/mol. The van der Waals surface area contributed by atoms with Crippen LogP contribution in [0.25, 0.3) is 0 Å². The predicted octanol–water partition coefficient (Wildman–Crippen LogP) is 0.229. The van der Waals surface area contributed by atoms with Crippen molar-refractivity contribution in [1.82, 2.24) is 5.09 Å². The number of nitrogens with one attached hydrogen (secondary N) is 1. The van der Waals surface area contributed by atoms with E-state index in [-0.39, 0.29) is 0 Å². The summed E-state index contributed by atoms with van der Waals surface area (Å²) in [7, 11) is 2.18.